The van der Waals surface area contributed by atoms with Gasteiger partial charge in [-0.2, -0.15) is 5.10 Å². The number of para-hydroxylation sites is 1. The maximum absolute atomic E-state index is 12.8. The fourth-order valence-corrected chi connectivity index (χ4v) is 3.57. The van der Waals surface area contributed by atoms with Crippen LogP contribution in [0.15, 0.2) is 48.8 Å². The standard InChI is InChI=1S/C22H23N5O/c1-16-21(17(2)27(25-16)19-8-4-3-5-9-19)20(28)11-10-18-14-23-22(24-15-18)26-12-6-7-13-26/h3-5,8-11,14-15H,6-7,12-13H2,1-2H3/b11-10+. The number of ketones is 1. The van der Waals surface area contributed by atoms with Crippen LogP contribution in [0.25, 0.3) is 11.8 Å². The van der Waals surface area contributed by atoms with Gasteiger partial charge in [-0.05, 0) is 51.0 Å². The van der Waals surface area contributed by atoms with Crippen molar-refractivity contribution < 1.29 is 4.79 Å². The molecule has 0 radical (unpaired) electrons. The van der Waals surface area contributed by atoms with E-state index in [0.29, 0.717) is 5.56 Å². The van der Waals surface area contributed by atoms with Crippen LogP contribution in [0.5, 0.6) is 0 Å². The van der Waals surface area contributed by atoms with Crippen LogP contribution in [0.2, 0.25) is 0 Å². The summed E-state index contributed by atoms with van der Waals surface area (Å²) in [4.78, 5) is 23.8. The summed E-state index contributed by atoms with van der Waals surface area (Å²) in [6, 6.07) is 9.82. The van der Waals surface area contributed by atoms with Gasteiger partial charge >= 0.3 is 0 Å². The molecule has 6 nitrogen and oxygen atoms in total. The van der Waals surface area contributed by atoms with Crippen LogP contribution < -0.4 is 4.90 Å². The first-order chi connectivity index (χ1) is 13.6. The molecule has 1 aliphatic rings. The van der Waals surface area contributed by atoms with Gasteiger partial charge in [0.2, 0.25) is 5.95 Å². The molecule has 4 rings (SSSR count). The SMILES string of the molecule is Cc1nn(-c2ccccc2)c(C)c1C(=O)/C=C/c1cnc(N2CCCC2)nc1. The van der Waals surface area contributed by atoms with Crippen molar-refractivity contribution in [3.63, 3.8) is 0 Å². The number of carbonyl (C=O) groups excluding carboxylic acids is 1. The van der Waals surface area contributed by atoms with Gasteiger partial charge in [0.05, 0.1) is 22.6 Å². The lowest BCUT2D eigenvalue weighted by Gasteiger charge is -2.14. The van der Waals surface area contributed by atoms with Crippen LogP contribution in [0.1, 0.15) is 40.2 Å². The van der Waals surface area contributed by atoms with Crippen molar-refractivity contribution in [1.29, 1.82) is 0 Å². The summed E-state index contributed by atoms with van der Waals surface area (Å²) in [6.07, 6.45) is 9.23. The average Bonchev–Trinajstić information content (AvgIpc) is 3.35. The number of rotatable bonds is 5. The molecule has 28 heavy (non-hydrogen) atoms. The first-order valence-electron chi connectivity index (χ1n) is 9.54. The smallest absolute Gasteiger partial charge is 0.225 e. The topological polar surface area (TPSA) is 63.9 Å². The van der Waals surface area contributed by atoms with E-state index in [4.69, 9.17) is 0 Å². The molecule has 6 heteroatoms. The molecular formula is C22H23N5O. The number of benzene rings is 1. The molecular weight excluding hydrogens is 350 g/mol. The average molecular weight is 373 g/mol. The van der Waals surface area contributed by atoms with E-state index in [2.05, 4.69) is 20.0 Å². The van der Waals surface area contributed by atoms with Crippen LogP contribution in [-0.2, 0) is 0 Å². The Morgan fingerprint density at radius 1 is 1.04 bits per heavy atom. The second-order valence-corrected chi connectivity index (χ2v) is 7.00. The van der Waals surface area contributed by atoms with Crippen molar-refractivity contribution in [2.75, 3.05) is 18.0 Å². The van der Waals surface area contributed by atoms with Crippen molar-refractivity contribution in [2.45, 2.75) is 26.7 Å². The fourth-order valence-electron chi connectivity index (χ4n) is 3.57. The molecule has 0 atom stereocenters. The maximum Gasteiger partial charge on any atom is 0.225 e. The summed E-state index contributed by atoms with van der Waals surface area (Å²) in [6.45, 7) is 5.80. The molecule has 0 N–H and O–H groups in total. The second kappa shape index (κ2) is 7.76. The molecule has 0 bridgehead atoms. The van der Waals surface area contributed by atoms with Gasteiger partial charge < -0.3 is 4.90 Å². The van der Waals surface area contributed by atoms with Crippen LogP contribution >= 0.6 is 0 Å². The summed E-state index contributed by atoms with van der Waals surface area (Å²) >= 11 is 0. The summed E-state index contributed by atoms with van der Waals surface area (Å²) in [5, 5.41) is 4.54. The maximum atomic E-state index is 12.8. The zero-order chi connectivity index (χ0) is 19.5. The third kappa shape index (κ3) is 3.58. The van der Waals surface area contributed by atoms with Crippen LogP contribution in [0.4, 0.5) is 5.95 Å². The highest BCUT2D eigenvalue weighted by molar-refractivity contribution is 6.08. The van der Waals surface area contributed by atoms with Crippen molar-refractivity contribution in [3.8, 4) is 5.69 Å². The van der Waals surface area contributed by atoms with Crippen molar-refractivity contribution in [2.24, 2.45) is 0 Å². The molecule has 3 aromatic rings. The predicted molar refractivity (Wildman–Crippen MR) is 110 cm³/mol. The van der Waals surface area contributed by atoms with E-state index >= 15 is 0 Å². The lowest BCUT2D eigenvalue weighted by atomic mass is 10.1. The van der Waals surface area contributed by atoms with Crippen LogP contribution in [0, 0.1) is 13.8 Å². The zero-order valence-electron chi connectivity index (χ0n) is 16.2. The first-order valence-corrected chi connectivity index (χ1v) is 9.54. The van der Waals surface area contributed by atoms with Gasteiger partial charge in [0, 0.05) is 31.0 Å². The number of aromatic nitrogens is 4. The zero-order valence-corrected chi connectivity index (χ0v) is 16.2. The van der Waals surface area contributed by atoms with Gasteiger partial charge in [-0.15, -0.1) is 0 Å². The number of hydrogen-bond donors (Lipinski definition) is 0. The van der Waals surface area contributed by atoms with E-state index in [9.17, 15) is 4.79 Å². The minimum absolute atomic E-state index is 0.0687. The molecule has 0 unspecified atom stereocenters. The third-order valence-electron chi connectivity index (χ3n) is 5.01. The Morgan fingerprint density at radius 2 is 1.71 bits per heavy atom. The minimum Gasteiger partial charge on any atom is -0.341 e. The van der Waals surface area contributed by atoms with E-state index in [1.54, 1.807) is 24.5 Å². The number of aryl methyl sites for hydroxylation is 1. The largest absolute Gasteiger partial charge is 0.341 e. The highest BCUT2D eigenvalue weighted by Crippen LogP contribution is 2.19. The molecule has 0 spiro atoms. The lowest BCUT2D eigenvalue weighted by molar-refractivity contribution is 0.104. The molecule has 1 saturated heterocycles. The first kappa shape index (κ1) is 18.1. The van der Waals surface area contributed by atoms with Crippen LogP contribution in [-0.4, -0.2) is 38.6 Å². The highest BCUT2D eigenvalue weighted by atomic mass is 16.1. The van der Waals surface area contributed by atoms with E-state index in [-0.39, 0.29) is 5.78 Å². The normalized spacial score (nSPS) is 14.1. The summed E-state index contributed by atoms with van der Waals surface area (Å²) < 4.78 is 1.81. The van der Waals surface area contributed by atoms with E-state index in [0.717, 1.165) is 41.7 Å². The number of carbonyl (C=O) groups is 1. The number of nitrogens with zero attached hydrogens (tertiary/aromatic N) is 5. The molecule has 0 aliphatic carbocycles. The van der Waals surface area contributed by atoms with Gasteiger partial charge in [-0.1, -0.05) is 18.2 Å². The third-order valence-corrected chi connectivity index (χ3v) is 5.01. The highest BCUT2D eigenvalue weighted by Gasteiger charge is 2.18. The number of anilines is 1. The Bertz CT molecular complexity index is 999. The van der Waals surface area contributed by atoms with E-state index in [1.165, 1.54) is 12.8 Å². The predicted octanol–water partition coefficient (Wildman–Crippen LogP) is 3.78. The monoisotopic (exact) mass is 373 g/mol. The Hall–Kier alpha value is -3.28. The van der Waals surface area contributed by atoms with E-state index < -0.39 is 0 Å². The van der Waals surface area contributed by atoms with Gasteiger partial charge in [0.15, 0.2) is 5.78 Å². The molecule has 3 heterocycles. The lowest BCUT2D eigenvalue weighted by Crippen LogP contribution is -2.20. The molecule has 0 saturated carbocycles. The second-order valence-electron chi connectivity index (χ2n) is 7.00. The summed E-state index contributed by atoms with van der Waals surface area (Å²) in [5.41, 5.74) is 3.93. The Labute approximate surface area is 164 Å². The van der Waals surface area contributed by atoms with Gasteiger partial charge in [0.1, 0.15) is 0 Å². The van der Waals surface area contributed by atoms with Crippen molar-refractivity contribution >= 4 is 17.8 Å². The van der Waals surface area contributed by atoms with Gasteiger partial charge in [-0.25, -0.2) is 14.6 Å². The molecule has 2 aromatic heterocycles. The summed E-state index contributed by atoms with van der Waals surface area (Å²) in [7, 11) is 0. The molecule has 1 aromatic carbocycles. The van der Waals surface area contributed by atoms with Gasteiger partial charge in [-0.3, -0.25) is 4.79 Å². The Balaban J connectivity index is 1.53. The number of hydrogen-bond acceptors (Lipinski definition) is 5. The van der Waals surface area contributed by atoms with Gasteiger partial charge in [0.25, 0.3) is 0 Å². The molecule has 1 fully saturated rings. The molecule has 1 aliphatic heterocycles. The quantitative estimate of drug-likeness (QED) is 0.503. The molecule has 142 valence electrons. The Morgan fingerprint density at radius 3 is 2.39 bits per heavy atom. The van der Waals surface area contributed by atoms with Crippen LogP contribution in [0.3, 0.4) is 0 Å². The molecule has 0 amide bonds. The Kier molecular flexibility index (Phi) is 5.02. The van der Waals surface area contributed by atoms with Crippen molar-refractivity contribution in [3.05, 3.63) is 71.3 Å². The fraction of sp³-hybridized carbons (Fsp3) is 0.273. The summed E-state index contributed by atoms with van der Waals surface area (Å²) in [5.74, 6) is 0.692. The number of allylic oxidation sites excluding steroid dienone is 1. The van der Waals surface area contributed by atoms with Crippen molar-refractivity contribution in [1.82, 2.24) is 19.7 Å². The minimum atomic E-state index is -0.0687. The van der Waals surface area contributed by atoms with E-state index in [1.807, 2.05) is 48.9 Å².